The predicted molar refractivity (Wildman–Crippen MR) is 71.0 cm³/mol. The normalized spacial score (nSPS) is 21.2. The molecule has 0 bridgehead atoms. The highest BCUT2D eigenvalue weighted by Gasteiger charge is 2.23. The van der Waals surface area contributed by atoms with E-state index in [0.29, 0.717) is 22.8 Å². The largest absolute Gasteiger partial charge is 0.398 e. The molecule has 0 aromatic heterocycles. The minimum Gasteiger partial charge on any atom is -0.398 e. The van der Waals surface area contributed by atoms with E-state index in [0.717, 1.165) is 10.9 Å². The molecule has 92 valence electrons. The number of nitrogen functional groups attached to an aromatic ring is 1. The minimum atomic E-state index is -1.18. The topological polar surface area (TPSA) is 72.2 Å². The lowest BCUT2D eigenvalue weighted by atomic mass is 10.2. The molecule has 17 heavy (non-hydrogen) atoms. The zero-order valence-corrected chi connectivity index (χ0v) is 11.5. The quantitative estimate of drug-likeness (QED) is 0.828. The monoisotopic (exact) mass is 316 g/mol. The molecular weight excluding hydrogens is 304 g/mol. The number of rotatable bonds is 3. The third-order valence-electron chi connectivity index (χ3n) is 2.66. The van der Waals surface area contributed by atoms with Crippen molar-refractivity contribution in [2.45, 2.75) is 23.8 Å². The van der Waals surface area contributed by atoms with Crippen molar-refractivity contribution in [1.29, 1.82) is 0 Å². The third kappa shape index (κ3) is 3.07. The van der Waals surface area contributed by atoms with Crippen molar-refractivity contribution in [3.63, 3.8) is 0 Å². The Labute approximate surface area is 111 Å². The fraction of sp³-hybridized carbons (Fsp3) is 0.364. The molecule has 0 saturated carbocycles. The summed E-state index contributed by atoms with van der Waals surface area (Å²) in [6.07, 6.45) is 1.27. The number of hydrogen-bond acceptors (Lipinski definition) is 3. The van der Waals surface area contributed by atoms with Gasteiger partial charge in [0.1, 0.15) is 0 Å². The number of amides is 1. The number of anilines is 1. The van der Waals surface area contributed by atoms with Crippen molar-refractivity contribution < 1.29 is 9.00 Å². The second kappa shape index (κ2) is 5.18. The number of carbonyl (C=O) groups excluding carboxylic acids is 1. The van der Waals surface area contributed by atoms with Crippen LogP contribution in [0.5, 0.6) is 0 Å². The van der Waals surface area contributed by atoms with Gasteiger partial charge in [-0.3, -0.25) is 9.00 Å². The SMILES string of the molecule is Nc1ccc(Br)cc1S(=O)CC1CCC(=O)N1. The zero-order valence-electron chi connectivity index (χ0n) is 9.11. The van der Waals surface area contributed by atoms with E-state index in [9.17, 15) is 9.00 Å². The highest BCUT2D eigenvalue weighted by molar-refractivity contribution is 9.10. The first-order chi connectivity index (χ1) is 8.06. The van der Waals surface area contributed by atoms with Gasteiger partial charge in [-0.1, -0.05) is 15.9 Å². The van der Waals surface area contributed by atoms with Crippen LogP contribution in [-0.2, 0) is 15.6 Å². The second-order valence-corrected chi connectivity index (χ2v) is 6.38. The molecule has 1 amide bonds. The first kappa shape index (κ1) is 12.6. The molecule has 2 rings (SSSR count). The van der Waals surface area contributed by atoms with Crippen LogP contribution in [0.3, 0.4) is 0 Å². The van der Waals surface area contributed by atoms with Crippen LogP contribution in [0.15, 0.2) is 27.6 Å². The van der Waals surface area contributed by atoms with Crippen LogP contribution in [0.2, 0.25) is 0 Å². The fourth-order valence-electron chi connectivity index (χ4n) is 1.78. The van der Waals surface area contributed by atoms with Gasteiger partial charge in [-0.2, -0.15) is 0 Å². The van der Waals surface area contributed by atoms with Gasteiger partial charge in [0, 0.05) is 28.4 Å². The van der Waals surface area contributed by atoms with E-state index in [1.54, 1.807) is 12.1 Å². The third-order valence-corrected chi connectivity index (χ3v) is 4.70. The Bertz CT molecular complexity index is 479. The predicted octanol–water partition coefficient (Wildman–Crippen LogP) is 1.42. The van der Waals surface area contributed by atoms with Crippen LogP contribution in [0.1, 0.15) is 12.8 Å². The second-order valence-electron chi connectivity index (χ2n) is 4.00. The molecule has 2 unspecified atom stereocenters. The lowest BCUT2D eigenvalue weighted by molar-refractivity contribution is -0.119. The summed E-state index contributed by atoms with van der Waals surface area (Å²) < 4.78 is 13.0. The van der Waals surface area contributed by atoms with Crippen LogP contribution in [0.4, 0.5) is 5.69 Å². The van der Waals surface area contributed by atoms with E-state index in [4.69, 9.17) is 5.73 Å². The number of nitrogens with one attached hydrogen (secondary N) is 1. The Kier molecular flexibility index (Phi) is 3.83. The Morgan fingerprint density at radius 3 is 2.94 bits per heavy atom. The van der Waals surface area contributed by atoms with Crippen LogP contribution in [-0.4, -0.2) is 21.9 Å². The zero-order chi connectivity index (χ0) is 12.4. The summed E-state index contributed by atoms with van der Waals surface area (Å²) >= 11 is 3.33. The number of benzene rings is 1. The maximum absolute atomic E-state index is 12.1. The summed E-state index contributed by atoms with van der Waals surface area (Å²) in [6.45, 7) is 0. The first-order valence-corrected chi connectivity index (χ1v) is 7.40. The minimum absolute atomic E-state index is 0.00159. The van der Waals surface area contributed by atoms with Crippen molar-refractivity contribution in [2.75, 3.05) is 11.5 Å². The van der Waals surface area contributed by atoms with Crippen molar-refractivity contribution in [3.8, 4) is 0 Å². The van der Waals surface area contributed by atoms with E-state index in [1.807, 2.05) is 6.07 Å². The molecule has 1 aliphatic heterocycles. The average Bonchev–Trinajstić information content (AvgIpc) is 2.67. The van der Waals surface area contributed by atoms with E-state index in [2.05, 4.69) is 21.2 Å². The van der Waals surface area contributed by atoms with Crippen molar-refractivity contribution in [3.05, 3.63) is 22.7 Å². The number of hydrogen-bond donors (Lipinski definition) is 2. The van der Waals surface area contributed by atoms with Gasteiger partial charge in [-0.25, -0.2) is 0 Å². The summed E-state index contributed by atoms with van der Waals surface area (Å²) in [5.41, 5.74) is 6.31. The Morgan fingerprint density at radius 1 is 1.53 bits per heavy atom. The van der Waals surface area contributed by atoms with Gasteiger partial charge >= 0.3 is 0 Å². The molecule has 0 aliphatic carbocycles. The summed E-state index contributed by atoms with van der Waals surface area (Å²) in [6, 6.07) is 5.31. The number of halogens is 1. The number of nitrogens with two attached hydrogens (primary N) is 1. The summed E-state index contributed by atoms with van der Waals surface area (Å²) in [4.78, 5) is 11.7. The van der Waals surface area contributed by atoms with Gasteiger partial charge < -0.3 is 11.1 Å². The summed E-state index contributed by atoms with van der Waals surface area (Å²) in [5, 5.41) is 2.80. The standard InChI is InChI=1S/C11H13BrN2O2S/c12-7-1-3-9(13)10(5-7)17(16)6-8-2-4-11(15)14-8/h1,3,5,8H,2,4,6,13H2,(H,14,15). The molecule has 0 radical (unpaired) electrons. The number of carbonyl (C=O) groups is 1. The summed E-state index contributed by atoms with van der Waals surface area (Å²) in [7, 11) is -1.18. The summed E-state index contributed by atoms with van der Waals surface area (Å²) in [5.74, 6) is 0.459. The molecule has 1 heterocycles. The van der Waals surface area contributed by atoms with Crippen LogP contribution < -0.4 is 11.1 Å². The van der Waals surface area contributed by atoms with Gasteiger partial charge in [0.15, 0.2) is 0 Å². The fourth-order valence-corrected chi connectivity index (χ4v) is 3.68. The van der Waals surface area contributed by atoms with Crippen LogP contribution >= 0.6 is 15.9 Å². The smallest absolute Gasteiger partial charge is 0.220 e. The molecule has 1 aromatic carbocycles. The van der Waals surface area contributed by atoms with Crippen molar-refractivity contribution >= 4 is 38.3 Å². The molecule has 0 spiro atoms. The molecule has 3 N–H and O–H groups in total. The average molecular weight is 317 g/mol. The molecular formula is C11H13BrN2O2S. The van der Waals surface area contributed by atoms with E-state index >= 15 is 0 Å². The first-order valence-electron chi connectivity index (χ1n) is 5.29. The van der Waals surface area contributed by atoms with Gasteiger partial charge in [0.25, 0.3) is 0 Å². The lowest BCUT2D eigenvalue weighted by Crippen LogP contribution is -2.30. The molecule has 1 fully saturated rings. The van der Waals surface area contributed by atoms with E-state index in [-0.39, 0.29) is 11.9 Å². The van der Waals surface area contributed by atoms with Gasteiger partial charge in [0.2, 0.25) is 5.91 Å². The highest BCUT2D eigenvalue weighted by Crippen LogP contribution is 2.23. The molecule has 1 saturated heterocycles. The molecule has 2 atom stereocenters. The highest BCUT2D eigenvalue weighted by atomic mass is 79.9. The molecule has 4 nitrogen and oxygen atoms in total. The molecule has 1 aliphatic rings. The van der Waals surface area contributed by atoms with Gasteiger partial charge in [-0.15, -0.1) is 0 Å². The van der Waals surface area contributed by atoms with E-state index in [1.165, 1.54) is 0 Å². The Hall–Kier alpha value is -0.880. The van der Waals surface area contributed by atoms with Crippen LogP contribution in [0.25, 0.3) is 0 Å². The Balaban J connectivity index is 2.09. The maximum Gasteiger partial charge on any atom is 0.220 e. The van der Waals surface area contributed by atoms with Gasteiger partial charge in [-0.05, 0) is 24.6 Å². The van der Waals surface area contributed by atoms with Gasteiger partial charge in [0.05, 0.1) is 15.7 Å². The van der Waals surface area contributed by atoms with E-state index < -0.39 is 10.8 Å². The van der Waals surface area contributed by atoms with Crippen molar-refractivity contribution in [2.24, 2.45) is 0 Å². The molecule has 1 aromatic rings. The van der Waals surface area contributed by atoms with Crippen LogP contribution in [0, 0.1) is 0 Å². The lowest BCUT2D eigenvalue weighted by Gasteiger charge is -2.11. The Morgan fingerprint density at radius 2 is 2.29 bits per heavy atom. The maximum atomic E-state index is 12.1. The molecule has 6 heteroatoms. The van der Waals surface area contributed by atoms with Crippen molar-refractivity contribution in [1.82, 2.24) is 5.32 Å².